The predicted octanol–water partition coefficient (Wildman–Crippen LogP) is 0.841. The lowest BCUT2D eigenvalue weighted by Crippen LogP contribution is -2.14. The second-order valence-corrected chi connectivity index (χ2v) is 6.68. The zero-order valence-electron chi connectivity index (χ0n) is 10.6. The van der Waals surface area contributed by atoms with Crippen LogP contribution >= 0.6 is 11.3 Å². The van der Waals surface area contributed by atoms with Crippen LogP contribution in [0.4, 0.5) is 16.5 Å². The molecule has 0 saturated heterocycles. The molecule has 1 aromatic carbocycles. The number of hydrazine groups is 1. The summed E-state index contributed by atoms with van der Waals surface area (Å²) in [5.41, 5.74) is 1.69. The minimum absolute atomic E-state index is 0.00529. The van der Waals surface area contributed by atoms with Gasteiger partial charge in [0, 0.05) is 6.07 Å². The minimum atomic E-state index is -4.00. The normalized spacial score (nSPS) is 11.1. The average molecular weight is 330 g/mol. The van der Waals surface area contributed by atoms with E-state index in [0.717, 1.165) is 17.4 Å². The molecule has 0 unspecified atom stereocenters. The van der Waals surface area contributed by atoms with Gasteiger partial charge < -0.3 is 5.43 Å². The van der Waals surface area contributed by atoms with Crippen molar-refractivity contribution in [2.75, 3.05) is 10.1 Å². The summed E-state index contributed by atoms with van der Waals surface area (Å²) >= 11 is 1.05. The van der Waals surface area contributed by atoms with Gasteiger partial charge >= 0.3 is 0 Å². The number of rotatable bonds is 5. The fourth-order valence-corrected chi connectivity index (χ4v) is 3.30. The summed E-state index contributed by atoms with van der Waals surface area (Å²) in [5, 5.41) is 18.9. The van der Waals surface area contributed by atoms with Crippen molar-refractivity contribution in [3.05, 3.63) is 33.3 Å². The lowest BCUT2D eigenvalue weighted by molar-refractivity contribution is -0.384. The van der Waals surface area contributed by atoms with E-state index in [-0.39, 0.29) is 15.7 Å². The molecule has 1 aromatic heterocycles. The molecule has 0 aliphatic rings. The summed E-state index contributed by atoms with van der Waals surface area (Å²) in [6.07, 6.45) is 0. The largest absolute Gasteiger partial charge is 0.318 e. The van der Waals surface area contributed by atoms with Gasteiger partial charge in [-0.2, -0.15) is 0 Å². The van der Waals surface area contributed by atoms with Gasteiger partial charge in [-0.25, -0.2) is 8.42 Å². The summed E-state index contributed by atoms with van der Waals surface area (Å²) in [6, 6.07) is 3.31. The number of nitrogens with zero attached hydrogens (tertiary/aromatic N) is 3. The van der Waals surface area contributed by atoms with Gasteiger partial charge in [0.25, 0.3) is 15.7 Å². The first-order valence-corrected chi connectivity index (χ1v) is 7.71. The smallest absolute Gasteiger partial charge is 0.295 e. The first kappa shape index (κ1) is 15.1. The molecule has 0 aliphatic heterocycles. The number of hydrogen-bond acceptors (Lipinski definition) is 9. The van der Waals surface area contributed by atoms with E-state index in [2.05, 4.69) is 20.3 Å². The fourth-order valence-electron chi connectivity index (χ4n) is 1.46. The van der Waals surface area contributed by atoms with E-state index in [1.165, 1.54) is 12.1 Å². The van der Waals surface area contributed by atoms with Crippen LogP contribution in [0.3, 0.4) is 0 Å². The number of hydrogen-bond donors (Lipinski definition) is 3. The zero-order valence-corrected chi connectivity index (χ0v) is 12.2. The van der Waals surface area contributed by atoms with Gasteiger partial charge in [0.2, 0.25) is 5.13 Å². The Morgan fingerprint density at radius 2 is 2.10 bits per heavy atom. The number of aryl methyl sites for hydroxylation is 1. The number of nitro groups is 1. The van der Waals surface area contributed by atoms with Crippen molar-refractivity contribution in [1.29, 1.82) is 0 Å². The van der Waals surface area contributed by atoms with Crippen molar-refractivity contribution in [2.45, 2.75) is 11.8 Å². The van der Waals surface area contributed by atoms with Crippen molar-refractivity contribution in [1.82, 2.24) is 10.2 Å². The molecule has 2 rings (SSSR count). The molecule has 0 aliphatic carbocycles. The van der Waals surface area contributed by atoms with Crippen LogP contribution in [0.2, 0.25) is 0 Å². The maximum atomic E-state index is 12.1. The molecule has 10 nitrogen and oxygen atoms in total. The molecule has 0 amide bonds. The highest BCUT2D eigenvalue weighted by atomic mass is 32.2. The third-order valence-electron chi connectivity index (χ3n) is 2.38. The molecule has 0 atom stereocenters. The van der Waals surface area contributed by atoms with Crippen molar-refractivity contribution in [3.63, 3.8) is 0 Å². The van der Waals surface area contributed by atoms with E-state index >= 15 is 0 Å². The molecular weight excluding hydrogens is 320 g/mol. The van der Waals surface area contributed by atoms with Crippen LogP contribution in [0.15, 0.2) is 23.1 Å². The number of nitro benzene ring substituents is 1. The molecule has 2 aromatic rings. The van der Waals surface area contributed by atoms with Crippen LogP contribution < -0.4 is 16.0 Å². The van der Waals surface area contributed by atoms with Crippen molar-refractivity contribution < 1.29 is 13.3 Å². The lowest BCUT2D eigenvalue weighted by Gasteiger charge is -2.06. The summed E-state index contributed by atoms with van der Waals surface area (Å²) < 4.78 is 26.5. The zero-order chi connectivity index (χ0) is 15.6. The monoisotopic (exact) mass is 330 g/mol. The van der Waals surface area contributed by atoms with Crippen LogP contribution in [0.5, 0.6) is 0 Å². The Hall–Kier alpha value is -2.31. The van der Waals surface area contributed by atoms with Gasteiger partial charge in [-0.15, -0.1) is 10.2 Å². The van der Waals surface area contributed by atoms with Crippen LogP contribution in [0.25, 0.3) is 0 Å². The second-order valence-electron chi connectivity index (χ2n) is 3.81. The number of sulfonamides is 1. The van der Waals surface area contributed by atoms with E-state index < -0.39 is 20.6 Å². The van der Waals surface area contributed by atoms with Crippen molar-refractivity contribution in [3.8, 4) is 0 Å². The Kier molecular flexibility index (Phi) is 4.02. The van der Waals surface area contributed by atoms with E-state index in [1.54, 1.807) is 6.92 Å². The van der Waals surface area contributed by atoms with E-state index in [4.69, 9.17) is 5.84 Å². The van der Waals surface area contributed by atoms with Gasteiger partial charge in [0.05, 0.1) is 9.82 Å². The van der Waals surface area contributed by atoms with Gasteiger partial charge in [0.15, 0.2) is 0 Å². The number of aromatic nitrogens is 2. The lowest BCUT2D eigenvalue weighted by atomic mass is 10.3. The molecule has 0 bridgehead atoms. The van der Waals surface area contributed by atoms with Crippen molar-refractivity contribution >= 4 is 37.9 Å². The van der Waals surface area contributed by atoms with Crippen LogP contribution in [0.1, 0.15) is 5.01 Å². The third kappa shape index (κ3) is 3.24. The Morgan fingerprint density at radius 3 is 2.62 bits per heavy atom. The Bertz CT molecular complexity index is 787. The number of nitrogen functional groups attached to an aromatic ring is 1. The van der Waals surface area contributed by atoms with Crippen LogP contribution in [-0.4, -0.2) is 23.5 Å². The summed E-state index contributed by atoms with van der Waals surface area (Å²) in [5.74, 6) is 5.14. The highest BCUT2D eigenvalue weighted by Gasteiger charge is 2.22. The van der Waals surface area contributed by atoms with Crippen molar-refractivity contribution in [2.24, 2.45) is 5.84 Å². The first-order valence-electron chi connectivity index (χ1n) is 5.41. The third-order valence-corrected chi connectivity index (χ3v) is 4.60. The Morgan fingerprint density at radius 1 is 1.38 bits per heavy atom. The predicted molar refractivity (Wildman–Crippen MR) is 76.4 cm³/mol. The number of nitrogens with one attached hydrogen (secondary N) is 2. The molecule has 0 radical (unpaired) electrons. The quantitative estimate of drug-likeness (QED) is 0.414. The Labute approximate surface area is 123 Å². The molecule has 0 saturated carbocycles. The standard InChI is InChI=1S/C9H10N6O4S2/c1-5-12-13-9(20-5)14-21(18,19)6-2-3-7(11-10)8(4-6)15(16)17/h2-4,11H,10H2,1H3,(H,13,14). The number of benzene rings is 1. The topological polar surface area (TPSA) is 153 Å². The van der Waals surface area contributed by atoms with E-state index in [0.29, 0.717) is 5.01 Å². The van der Waals surface area contributed by atoms with Gasteiger partial charge in [0.1, 0.15) is 10.7 Å². The van der Waals surface area contributed by atoms with Gasteiger partial charge in [-0.3, -0.25) is 20.7 Å². The highest BCUT2D eigenvalue weighted by Crippen LogP contribution is 2.28. The maximum absolute atomic E-state index is 12.1. The molecule has 0 spiro atoms. The molecule has 1 heterocycles. The Balaban J connectivity index is 2.40. The van der Waals surface area contributed by atoms with Crippen LogP contribution in [-0.2, 0) is 10.0 Å². The SMILES string of the molecule is Cc1nnc(NS(=O)(=O)c2ccc(NN)c([N+](=O)[O-])c2)s1. The van der Waals surface area contributed by atoms with Gasteiger partial charge in [-0.1, -0.05) is 11.3 Å². The van der Waals surface area contributed by atoms with E-state index in [1.807, 2.05) is 0 Å². The molecule has 12 heteroatoms. The first-order chi connectivity index (χ1) is 9.83. The van der Waals surface area contributed by atoms with E-state index in [9.17, 15) is 18.5 Å². The summed E-state index contributed by atoms with van der Waals surface area (Å²) in [4.78, 5) is 9.89. The molecule has 21 heavy (non-hydrogen) atoms. The maximum Gasteiger partial charge on any atom is 0.295 e. The number of nitrogens with two attached hydrogens (primary N) is 1. The average Bonchev–Trinajstić information content (AvgIpc) is 2.82. The fraction of sp³-hybridized carbons (Fsp3) is 0.111. The summed E-state index contributed by atoms with van der Waals surface area (Å²) in [6.45, 7) is 1.67. The minimum Gasteiger partial charge on any atom is -0.318 e. The second kappa shape index (κ2) is 5.59. The molecule has 112 valence electrons. The molecule has 0 fully saturated rings. The van der Waals surface area contributed by atoms with Crippen LogP contribution in [0, 0.1) is 17.0 Å². The highest BCUT2D eigenvalue weighted by molar-refractivity contribution is 7.93. The summed E-state index contributed by atoms with van der Waals surface area (Å²) in [7, 11) is -4.00. The molecular formula is C9H10N6O4S2. The number of anilines is 2. The van der Waals surface area contributed by atoms with Gasteiger partial charge in [-0.05, 0) is 19.1 Å². The molecule has 4 N–H and O–H groups in total.